The van der Waals surface area contributed by atoms with Crippen LogP contribution < -0.4 is 14.8 Å². The third-order valence-electron chi connectivity index (χ3n) is 6.51. The standard InChI is InChI=1S/C11H18N2O2S3.C8H5NO5.C7H5NO3/c1-2-8-9(10(14)12-8)16-11(15)17-18-13-6-4-3-5-7-13;10-8-13-6-3-1-5(2-4-6)7(14-8)9(11)12;9-8(10)7-5-1-3-6(11-7)4-2-5/h8-9H,2-7H2,1H3,(H,12,14);1-4,7H;1-4,7H. The number of carbonyl (C=O) groups excluding carboxylic acids is 3. The number of benzene rings is 2. The molecule has 6 heterocycles. The van der Waals surface area contributed by atoms with E-state index in [9.17, 15) is 34.6 Å². The Morgan fingerprint density at radius 1 is 0.907 bits per heavy atom. The van der Waals surface area contributed by atoms with Gasteiger partial charge in [-0.3, -0.25) is 29.8 Å². The molecule has 0 radical (unpaired) electrons. The first-order valence-corrected chi connectivity index (χ1v) is 16.3. The molecule has 0 aliphatic carbocycles. The smallest absolute Gasteiger partial charge is 0.426 e. The number of ether oxygens (including phenoxy) is 3. The summed E-state index contributed by atoms with van der Waals surface area (Å²) in [4.78, 5) is 53.7. The van der Waals surface area contributed by atoms with E-state index in [0.717, 1.165) is 19.5 Å². The van der Waals surface area contributed by atoms with Gasteiger partial charge in [0.15, 0.2) is 0 Å². The minimum absolute atomic E-state index is 0.00349. The Hall–Kier alpha value is -3.54. The molecule has 6 aliphatic heterocycles. The first kappa shape index (κ1) is 32.4. The fraction of sp³-hybridized carbons (Fsp3) is 0.423. The molecule has 2 fully saturated rings. The summed E-state index contributed by atoms with van der Waals surface area (Å²) in [6.07, 6.45) is 1.09. The predicted molar refractivity (Wildman–Crippen MR) is 160 cm³/mol. The van der Waals surface area contributed by atoms with Crippen LogP contribution in [0.25, 0.3) is 0 Å². The number of nitrogens with one attached hydrogen (secondary N) is 1. The summed E-state index contributed by atoms with van der Waals surface area (Å²) >= 11 is 1.18. The van der Waals surface area contributed by atoms with Crippen LogP contribution in [0.15, 0.2) is 48.5 Å². The van der Waals surface area contributed by atoms with Gasteiger partial charge in [-0.2, -0.15) is 0 Å². The summed E-state index contributed by atoms with van der Waals surface area (Å²) in [5.74, 6) is 0.867. The second kappa shape index (κ2) is 15.3. The average molecular weight is 653 g/mol. The van der Waals surface area contributed by atoms with E-state index in [4.69, 9.17) is 4.74 Å². The van der Waals surface area contributed by atoms with Crippen molar-refractivity contribution in [1.29, 1.82) is 0 Å². The van der Waals surface area contributed by atoms with E-state index in [2.05, 4.69) is 19.1 Å². The minimum atomic E-state index is -1.49. The summed E-state index contributed by atoms with van der Waals surface area (Å²) in [5, 5.41) is 23.5. The summed E-state index contributed by atoms with van der Waals surface area (Å²) in [6.45, 7) is 4.16. The van der Waals surface area contributed by atoms with Crippen LogP contribution in [0.2, 0.25) is 0 Å². The highest BCUT2D eigenvalue weighted by Gasteiger charge is 2.40. The molecule has 17 heteroatoms. The van der Waals surface area contributed by atoms with Crippen LogP contribution in [0.3, 0.4) is 0 Å². The van der Waals surface area contributed by atoms with Crippen molar-refractivity contribution in [2.75, 3.05) is 13.1 Å². The molecule has 2 aromatic rings. The highest BCUT2D eigenvalue weighted by molar-refractivity contribution is 8.85. The van der Waals surface area contributed by atoms with Crippen LogP contribution in [0.1, 0.15) is 56.2 Å². The highest BCUT2D eigenvalue weighted by atomic mass is 33.1. The van der Waals surface area contributed by atoms with Crippen LogP contribution in [0, 0.1) is 20.2 Å². The number of nitrogens with zero attached hydrogens (tertiary/aromatic N) is 3. The van der Waals surface area contributed by atoms with Gasteiger partial charge >= 0.3 is 18.6 Å². The number of nitro groups is 2. The maximum Gasteiger partial charge on any atom is 0.519 e. The highest BCUT2D eigenvalue weighted by Crippen LogP contribution is 2.37. The minimum Gasteiger partial charge on any atom is -0.426 e. The Balaban J connectivity index is 0.000000152. The Bertz CT molecular complexity index is 1330. The molecule has 0 saturated carbocycles. The predicted octanol–water partition coefficient (Wildman–Crippen LogP) is 5.74. The Morgan fingerprint density at radius 3 is 1.98 bits per heavy atom. The van der Waals surface area contributed by atoms with Gasteiger partial charge in [0, 0.05) is 40.9 Å². The zero-order chi connectivity index (χ0) is 30.9. The molecule has 8 rings (SSSR count). The van der Waals surface area contributed by atoms with E-state index in [1.54, 1.807) is 35.2 Å². The molecule has 0 spiro atoms. The molecule has 1 N–H and O–H groups in total. The Kier molecular flexibility index (Phi) is 11.5. The zero-order valence-corrected chi connectivity index (χ0v) is 25.3. The molecule has 0 aromatic heterocycles. The lowest BCUT2D eigenvalue weighted by Gasteiger charge is -2.34. The number of fused-ring (bicyclic) bond motifs is 8. The van der Waals surface area contributed by atoms with Gasteiger partial charge in [0.25, 0.3) is 4.45 Å². The largest absolute Gasteiger partial charge is 0.519 e. The van der Waals surface area contributed by atoms with Crippen LogP contribution >= 0.6 is 33.5 Å². The second-order valence-electron chi connectivity index (χ2n) is 9.46. The fourth-order valence-electron chi connectivity index (χ4n) is 4.24. The normalized spacial score (nSPS) is 23.2. The number of hydrogen-bond acceptors (Lipinski definition) is 14. The van der Waals surface area contributed by atoms with Crippen molar-refractivity contribution in [2.45, 2.75) is 56.4 Å². The van der Waals surface area contributed by atoms with Crippen LogP contribution in [-0.4, -0.2) is 55.0 Å². The van der Waals surface area contributed by atoms with E-state index in [1.807, 2.05) is 6.92 Å². The van der Waals surface area contributed by atoms with Crippen molar-refractivity contribution in [3.8, 4) is 11.5 Å². The number of amides is 1. The van der Waals surface area contributed by atoms with Gasteiger partial charge in [0.05, 0.1) is 21.0 Å². The van der Waals surface area contributed by atoms with Crippen molar-refractivity contribution in [3.63, 3.8) is 0 Å². The van der Waals surface area contributed by atoms with Crippen molar-refractivity contribution < 1.29 is 38.4 Å². The van der Waals surface area contributed by atoms with Crippen molar-refractivity contribution in [2.24, 2.45) is 0 Å². The van der Waals surface area contributed by atoms with Crippen LogP contribution in [0.4, 0.5) is 9.59 Å². The first-order chi connectivity index (χ1) is 20.6. The zero-order valence-electron chi connectivity index (χ0n) is 22.8. The third-order valence-corrected chi connectivity index (χ3v) is 10.5. The molecule has 43 heavy (non-hydrogen) atoms. The Morgan fingerprint density at radius 2 is 1.47 bits per heavy atom. The van der Waals surface area contributed by atoms with E-state index in [0.29, 0.717) is 22.6 Å². The lowest BCUT2D eigenvalue weighted by Crippen LogP contribution is -2.60. The van der Waals surface area contributed by atoms with Gasteiger partial charge in [-0.15, -0.1) is 0 Å². The Labute approximate surface area is 258 Å². The lowest BCUT2D eigenvalue weighted by molar-refractivity contribution is -0.575. The van der Waals surface area contributed by atoms with E-state index in [1.165, 1.54) is 66.1 Å². The molecular formula is C26H28N4O10S3. The van der Waals surface area contributed by atoms with Gasteiger partial charge in [-0.1, -0.05) is 25.1 Å². The van der Waals surface area contributed by atoms with Gasteiger partial charge in [0.1, 0.15) is 16.7 Å². The molecule has 4 atom stereocenters. The van der Waals surface area contributed by atoms with Gasteiger partial charge in [-0.05, 0) is 67.8 Å². The number of carbonyl (C=O) groups is 3. The maximum absolute atomic E-state index is 11.8. The summed E-state index contributed by atoms with van der Waals surface area (Å²) < 4.78 is 16.3. The molecule has 6 aliphatic rings. The fourth-order valence-corrected chi connectivity index (χ4v) is 7.66. The van der Waals surface area contributed by atoms with E-state index >= 15 is 0 Å². The maximum atomic E-state index is 11.8. The lowest BCUT2D eigenvalue weighted by atomic mass is 10.0. The number of piperidine rings is 1. The average Bonchev–Trinajstić information content (AvgIpc) is 3.01. The number of hydrogen-bond donors (Lipinski definition) is 1. The summed E-state index contributed by atoms with van der Waals surface area (Å²) in [7, 11) is 2.80. The molecule has 230 valence electrons. The number of rotatable bonds is 6. The molecule has 4 bridgehead atoms. The van der Waals surface area contributed by atoms with Crippen molar-refractivity contribution in [1.82, 2.24) is 9.62 Å². The molecule has 2 aromatic carbocycles. The topological polar surface area (TPSA) is 180 Å². The SMILES string of the molecule is CCC1NC(=O)C1SC(=O)SSN1CCCCC1.O=C1Oc2ccc(cc2)C([N+](=O)[O-])O1.O=[N+]([O-])C1Oc2ccc1cc2. The number of β-lactam (4-membered cyclic amide) rings is 1. The molecular weight excluding hydrogens is 625 g/mol. The summed E-state index contributed by atoms with van der Waals surface area (Å²) in [5.41, 5.74) is 0.917. The monoisotopic (exact) mass is 652 g/mol. The molecule has 4 unspecified atom stereocenters. The van der Waals surface area contributed by atoms with Crippen LogP contribution in [0.5, 0.6) is 11.5 Å². The van der Waals surface area contributed by atoms with Crippen molar-refractivity contribution >= 4 is 50.0 Å². The second-order valence-corrected chi connectivity index (χ2v) is 13.0. The summed E-state index contributed by atoms with van der Waals surface area (Å²) in [6, 6.07) is 12.9. The molecule has 2 saturated heterocycles. The quantitative estimate of drug-likeness (QED) is 0.0758. The first-order valence-electron chi connectivity index (χ1n) is 13.3. The van der Waals surface area contributed by atoms with Gasteiger partial charge in [0.2, 0.25) is 5.91 Å². The van der Waals surface area contributed by atoms with E-state index < -0.39 is 28.5 Å². The molecule has 14 nitrogen and oxygen atoms in total. The number of thioether (sulfide) groups is 1. The van der Waals surface area contributed by atoms with Crippen molar-refractivity contribution in [3.05, 3.63) is 79.9 Å². The van der Waals surface area contributed by atoms with E-state index in [-0.39, 0.29) is 21.6 Å². The van der Waals surface area contributed by atoms with Gasteiger partial charge in [-0.25, -0.2) is 9.10 Å². The van der Waals surface area contributed by atoms with Crippen LogP contribution in [-0.2, 0) is 9.53 Å². The molecule has 1 amide bonds. The van der Waals surface area contributed by atoms with Gasteiger partial charge < -0.3 is 19.5 Å². The third kappa shape index (κ3) is 8.98.